The fraction of sp³-hybridized carbons (Fsp3) is 0.588. The molecule has 4 atom stereocenters. The van der Waals surface area contributed by atoms with E-state index in [1.807, 2.05) is 0 Å². The number of carbonyl (C=O) groups excluding carboxylic acids is 1. The third-order valence-corrected chi connectivity index (χ3v) is 5.05. The quantitative estimate of drug-likeness (QED) is 0.857. The molecular formula is C17H23NO2. The van der Waals surface area contributed by atoms with Crippen molar-refractivity contribution in [1.82, 2.24) is 5.32 Å². The lowest BCUT2D eigenvalue weighted by molar-refractivity contribution is -0.148. The number of fused-ring (bicyclic) bond motifs is 2. The zero-order chi connectivity index (χ0) is 14.1. The first-order chi connectivity index (χ1) is 9.69. The second kappa shape index (κ2) is 5.57. The summed E-state index contributed by atoms with van der Waals surface area (Å²) in [4.78, 5) is 12.0. The summed E-state index contributed by atoms with van der Waals surface area (Å²) in [7, 11) is 1.51. The van der Waals surface area contributed by atoms with Crippen LogP contribution in [0.25, 0.3) is 0 Å². The van der Waals surface area contributed by atoms with Crippen molar-refractivity contribution in [2.24, 2.45) is 17.8 Å². The third-order valence-electron chi connectivity index (χ3n) is 5.05. The lowest BCUT2D eigenvalue weighted by Gasteiger charge is -2.30. The summed E-state index contributed by atoms with van der Waals surface area (Å²) >= 11 is 0. The highest BCUT2D eigenvalue weighted by Crippen LogP contribution is 2.48. The van der Waals surface area contributed by atoms with E-state index in [0.29, 0.717) is 17.9 Å². The summed E-state index contributed by atoms with van der Waals surface area (Å²) in [5.41, 5.74) is 2.56. The molecular weight excluding hydrogens is 250 g/mol. The van der Waals surface area contributed by atoms with Crippen molar-refractivity contribution in [3.05, 3.63) is 35.4 Å². The maximum Gasteiger partial charge on any atom is 0.310 e. The van der Waals surface area contributed by atoms with Gasteiger partial charge in [-0.25, -0.2) is 0 Å². The number of esters is 1. The molecule has 0 aliphatic heterocycles. The van der Waals surface area contributed by atoms with E-state index in [1.54, 1.807) is 0 Å². The molecule has 2 aliphatic carbocycles. The highest BCUT2D eigenvalue weighted by Gasteiger charge is 2.51. The van der Waals surface area contributed by atoms with Crippen LogP contribution in [-0.2, 0) is 16.1 Å². The van der Waals surface area contributed by atoms with Crippen LogP contribution in [0.4, 0.5) is 0 Å². The molecule has 20 heavy (non-hydrogen) atoms. The normalized spacial score (nSPS) is 31.5. The van der Waals surface area contributed by atoms with Gasteiger partial charge in [0.1, 0.15) is 0 Å². The van der Waals surface area contributed by atoms with Crippen LogP contribution in [0.5, 0.6) is 0 Å². The van der Waals surface area contributed by atoms with Gasteiger partial charge in [0.05, 0.1) is 13.0 Å². The van der Waals surface area contributed by atoms with Crippen molar-refractivity contribution in [2.75, 3.05) is 7.11 Å². The van der Waals surface area contributed by atoms with Gasteiger partial charge in [0, 0.05) is 12.6 Å². The average molecular weight is 273 g/mol. The number of methoxy groups -OCH3 is 1. The number of hydrogen-bond donors (Lipinski definition) is 1. The highest BCUT2D eigenvalue weighted by molar-refractivity contribution is 5.74. The largest absolute Gasteiger partial charge is 0.469 e. The summed E-state index contributed by atoms with van der Waals surface area (Å²) in [6.07, 6.45) is 3.63. The van der Waals surface area contributed by atoms with Gasteiger partial charge >= 0.3 is 5.97 Å². The third kappa shape index (κ3) is 2.47. The molecule has 2 saturated carbocycles. The summed E-state index contributed by atoms with van der Waals surface area (Å²) in [6.45, 7) is 2.93. The summed E-state index contributed by atoms with van der Waals surface area (Å²) < 4.78 is 5.01. The fourth-order valence-corrected chi connectivity index (χ4v) is 4.00. The molecule has 2 aliphatic rings. The molecule has 3 nitrogen and oxygen atoms in total. The van der Waals surface area contributed by atoms with Gasteiger partial charge in [0.15, 0.2) is 0 Å². The molecule has 2 fully saturated rings. The fourth-order valence-electron chi connectivity index (χ4n) is 4.00. The van der Waals surface area contributed by atoms with Gasteiger partial charge in [0.25, 0.3) is 0 Å². The Labute approximate surface area is 120 Å². The Morgan fingerprint density at radius 2 is 1.95 bits per heavy atom. The van der Waals surface area contributed by atoms with E-state index in [2.05, 4.69) is 36.5 Å². The molecule has 0 saturated heterocycles. The number of nitrogens with one attached hydrogen (secondary N) is 1. The van der Waals surface area contributed by atoms with Crippen molar-refractivity contribution in [2.45, 2.75) is 38.8 Å². The zero-order valence-electron chi connectivity index (χ0n) is 12.3. The zero-order valence-corrected chi connectivity index (χ0v) is 12.3. The molecule has 1 N–H and O–H groups in total. The molecule has 1 aromatic carbocycles. The Hall–Kier alpha value is -1.35. The molecule has 3 heteroatoms. The molecule has 0 aromatic heterocycles. The first-order valence-corrected chi connectivity index (χ1v) is 7.56. The SMILES string of the molecule is COC(=O)C1C(NCc2ccc(C)cc2)[C@@H]2CC[C@H]1C2. The Morgan fingerprint density at radius 1 is 1.25 bits per heavy atom. The second-order valence-electron chi connectivity index (χ2n) is 6.27. The summed E-state index contributed by atoms with van der Waals surface area (Å²) in [5.74, 6) is 1.21. The Morgan fingerprint density at radius 3 is 2.65 bits per heavy atom. The van der Waals surface area contributed by atoms with Crippen molar-refractivity contribution in [3.8, 4) is 0 Å². The highest BCUT2D eigenvalue weighted by atomic mass is 16.5. The van der Waals surface area contributed by atoms with E-state index in [-0.39, 0.29) is 11.9 Å². The number of hydrogen-bond acceptors (Lipinski definition) is 3. The van der Waals surface area contributed by atoms with Gasteiger partial charge < -0.3 is 10.1 Å². The standard InChI is InChI=1S/C17H23NO2/c1-11-3-5-12(6-4-11)10-18-16-14-8-7-13(9-14)15(16)17(19)20-2/h3-6,13-16,18H,7-10H2,1-2H3/t13-,14+,15?,16?/m0/s1. The first-order valence-electron chi connectivity index (χ1n) is 7.56. The van der Waals surface area contributed by atoms with E-state index in [1.165, 1.54) is 37.5 Å². The molecule has 0 heterocycles. The van der Waals surface area contributed by atoms with E-state index < -0.39 is 0 Å². The maximum atomic E-state index is 12.0. The molecule has 0 spiro atoms. The van der Waals surface area contributed by atoms with Gasteiger partial charge in [-0.05, 0) is 43.6 Å². The van der Waals surface area contributed by atoms with Crippen molar-refractivity contribution in [3.63, 3.8) is 0 Å². The Bertz CT molecular complexity index is 482. The molecule has 2 unspecified atom stereocenters. The van der Waals surface area contributed by atoms with Crippen LogP contribution in [0.2, 0.25) is 0 Å². The van der Waals surface area contributed by atoms with Crippen molar-refractivity contribution < 1.29 is 9.53 Å². The van der Waals surface area contributed by atoms with Crippen molar-refractivity contribution >= 4 is 5.97 Å². The monoisotopic (exact) mass is 273 g/mol. The van der Waals surface area contributed by atoms with Gasteiger partial charge in [-0.15, -0.1) is 0 Å². The van der Waals surface area contributed by atoms with Gasteiger partial charge in [-0.2, -0.15) is 0 Å². The summed E-state index contributed by atoms with van der Waals surface area (Å²) in [5, 5.41) is 3.61. The Balaban J connectivity index is 1.66. The van der Waals surface area contributed by atoms with Crippen LogP contribution in [0.15, 0.2) is 24.3 Å². The first kappa shape index (κ1) is 13.6. The second-order valence-corrected chi connectivity index (χ2v) is 6.27. The van der Waals surface area contributed by atoms with Crippen LogP contribution in [-0.4, -0.2) is 19.1 Å². The number of carbonyl (C=O) groups is 1. The minimum Gasteiger partial charge on any atom is -0.469 e. The predicted octanol–water partition coefficient (Wildman–Crippen LogP) is 2.67. The van der Waals surface area contributed by atoms with E-state index in [9.17, 15) is 4.79 Å². The minimum absolute atomic E-state index is 0.0291. The van der Waals surface area contributed by atoms with Crippen LogP contribution in [0.1, 0.15) is 30.4 Å². The predicted molar refractivity (Wildman–Crippen MR) is 78.1 cm³/mol. The van der Waals surface area contributed by atoms with Crippen LogP contribution in [0, 0.1) is 24.7 Å². The number of rotatable bonds is 4. The summed E-state index contributed by atoms with van der Waals surface area (Å²) in [6, 6.07) is 8.87. The van der Waals surface area contributed by atoms with Gasteiger partial charge in [0.2, 0.25) is 0 Å². The molecule has 108 valence electrons. The number of benzene rings is 1. The van der Waals surface area contributed by atoms with Crippen LogP contribution >= 0.6 is 0 Å². The van der Waals surface area contributed by atoms with Crippen LogP contribution < -0.4 is 5.32 Å². The van der Waals surface area contributed by atoms with E-state index in [0.717, 1.165) is 6.54 Å². The van der Waals surface area contributed by atoms with E-state index in [4.69, 9.17) is 4.74 Å². The molecule has 1 aromatic rings. The molecule has 2 bridgehead atoms. The number of ether oxygens (including phenoxy) is 1. The smallest absolute Gasteiger partial charge is 0.310 e. The van der Waals surface area contributed by atoms with E-state index >= 15 is 0 Å². The van der Waals surface area contributed by atoms with Gasteiger partial charge in [-0.1, -0.05) is 29.8 Å². The number of aryl methyl sites for hydroxylation is 1. The lowest BCUT2D eigenvalue weighted by Crippen LogP contribution is -2.44. The molecule has 0 amide bonds. The van der Waals surface area contributed by atoms with Crippen molar-refractivity contribution in [1.29, 1.82) is 0 Å². The topological polar surface area (TPSA) is 38.3 Å². The van der Waals surface area contributed by atoms with Crippen LogP contribution in [0.3, 0.4) is 0 Å². The lowest BCUT2D eigenvalue weighted by atomic mass is 9.84. The average Bonchev–Trinajstić information content (AvgIpc) is 3.06. The Kier molecular flexibility index (Phi) is 3.79. The molecule has 3 rings (SSSR count). The molecule has 0 radical (unpaired) electrons. The maximum absolute atomic E-state index is 12.0. The van der Waals surface area contributed by atoms with Gasteiger partial charge in [-0.3, -0.25) is 4.79 Å². The minimum atomic E-state index is -0.0291.